The molecule has 0 atom stereocenters. The highest BCUT2D eigenvalue weighted by Gasteiger charge is 2.29. The van der Waals surface area contributed by atoms with Crippen molar-refractivity contribution >= 4 is 18.0 Å². The highest BCUT2D eigenvalue weighted by atomic mass is 32.2. The van der Waals surface area contributed by atoms with E-state index in [9.17, 15) is 15.2 Å². The minimum absolute atomic E-state index is 0.0231. The van der Waals surface area contributed by atoms with Crippen LogP contribution >= 0.6 is 11.9 Å². The van der Waals surface area contributed by atoms with Crippen LogP contribution in [-0.4, -0.2) is 32.8 Å². The molecule has 0 aliphatic carbocycles. The molecule has 0 aromatic heterocycles. The average Bonchev–Trinajstić information content (AvgIpc) is 1.85. The van der Waals surface area contributed by atoms with Gasteiger partial charge in [0.05, 0.1) is 12.3 Å². The SMILES string of the molecule is O=C(O)N1CCCS[N+]1([O-])[O-]. The van der Waals surface area contributed by atoms with Gasteiger partial charge in [-0.2, -0.15) is 0 Å². The minimum atomic E-state index is -2.10. The number of carbonyl (C=O) groups is 1. The normalized spacial score (nSPS) is 23.3. The fraction of sp³-hybridized carbons (Fsp3) is 0.750. The van der Waals surface area contributed by atoms with Crippen LogP contribution in [0.2, 0.25) is 0 Å². The average molecular weight is 179 g/mol. The van der Waals surface area contributed by atoms with E-state index >= 15 is 0 Å². The quantitative estimate of drug-likeness (QED) is 0.336. The Morgan fingerprint density at radius 1 is 1.64 bits per heavy atom. The zero-order valence-corrected chi connectivity index (χ0v) is 6.41. The first-order valence-corrected chi connectivity index (χ1v) is 3.95. The molecular weight excluding hydrogens is 172 g/mol. The number of nitrogens with zero attached hydrogens (tertiary/aromatic N) is 2. The predicted molar refractivity (Wildman–Crippen MR) is 38.8 cm³/mol. The van der Waals surface area contributed by atoms with Crippen molar-refractivity contribution in [2.45, 2.75) is 6.42 Å². The number of carboxylic acid groups (broad SMARTS) is 1. The molecule has 0 saturated carbocycles. The van der Waals surface area contributed by atoms with Crippen molar-refractivity contribution in [1.29, 1.82) is 0 Å². The summed E-state index contributed by atoms with van der Waals surface area (Å²) in [6.07, 6.45) is -0.899. The Morgan fingerprint density at radius 2 is 2.27 bits per heavy atom. The van der Waals surface area contributed by atoms with Crippen LogP contribution < -0.4 is 0 Å². The highest BCUT2D eigenvalue weighted by molar-refractivity contribution is 7.93. The molecule has 1 saturated heterocycles. The fourth-order valence-corrected chi connectivity index (χ4v) is 1.57. The van der Waals surface area contributed by atoms with Gasteiger partial charge in [-0.05, 0) is 6.42 Å². The lowest BCUT2D eigenvalue weighted by Gasteiger charge is -2.50. The second-order valence-electron chi connectivity index (χ2n) is 2.06. The van der Waals surface area contributed by atoms with Crippen molar-refractivity contribution in [3.8, 4) is 0 Å². The summed E-state index contributed by atoms with van der Waals surface area (Å²) in [4.78, 5) is 10.3. The van der Waals surface area contributed by atoms with Crippen molar-refractivity contribution in [3.05, 3.63) is 10.4 Å². The van der Waals surface area contributed by atoms with Crippen LogP contribution in [-0.2, 0) is 0 Å². The molecule has 0 aromatic rings. The molecule has 1 fully saturated rings. The lowest BCUT2D eigenvalue weighted by Crippen LogP contribution is -2.52. The van der Waals surface area contributed by atoms with Gasteiger partial charge < -0.3 is 15.5 Å². The fourth-order valence-electron chi connectivity index (χ4n) is 0.787. The maximum atomic E-state index is 10.8. The lowest BCUT2D eigenvalue weighted by molar-refractivity contribution is -0.813. The first kappa shape index (κ1) is 8.60. The largest absolute Gasteiger partial charge is 0.593 e. The Kier molecular flexibility index (Phi) is 2.23. The van der Waals surface area contributed by atoms with Gasteiger partial charge in [0.25, 0.3) is 0 Å². The summed E-state index contributed by atoms with van der Waals surface area (Å²) < 4.78 is -2.10. The van der Waals surface area contributed by atoms with Gasteiger partial charge in [-0.15, -0.1) is 5.01 Å². The molecule has 64 valence electrons. The molecule has 0 radical (unpaired) electrons. The van der Waals surface area contributed by atoms with Gasteiger partial charge >= 0.3 is 6.09 Å². The van der Waals surface area contributed by atoms with Crippen LogP contribution in [0.5, 0.6) is 0 Å². The first-order chi connectivity index (χ1) is 5.04. The lowest BCUT2D eigenvalue weighted by atomic mass is 10.5. The minimum Gasteiger partial charge on any atom is -0.593 e. The molecule has 0 spiro atoms. The van der Waals surface area contributed by atoms with Gasteiger partial charge in [-0.3, -0.25) is 0 Å². The zero-order chi connectivity index (χ0) is 8.48. The topological polar surface area (TPSA) is 86.7 Å². The molecule has 1 rings (SSSR count). The van der Waals surface area contributed by atoms with Crippen LogP contribution in [0.1, 0.15) is 6.42 Å². The maximum Gasteiger partial charge on any atom is 0.453 e. The van der Waals surface area contributed by atoms with Crippen LogP contribution in [0.15, 0.2) is 0 Å². The first-order valence-electron chi connectivity index (χ1n) is 3.00. The van der Waals surface area contributed by atoms with Crippen molar-refractivity contribution < 1.29 is 14.2 Å². The van der Waals surface area contributed by atoms with Crippen molar-refractivity contribution in [1.82, 2.24) is 5.01 Å². The Balaban J connectivity index is 2.67. The van der Waals surface area contributed by atoms with E-state index in [4.69, 9.17) is 5.11 Å². The van der Waals surface area contributed by atoms with Crippen LogP contribution in [0.3, 0.4) is 0 Å². The molecule has 1 heterocycles. The van der Waals surface area contributed by atoms with E-state index in [1.54, 1.807) is 0 Å². The van der Waals surface area contributed by atoms with Gasteiger partial charge in [0.15, 0.2) is 0 Å². The third-order valence-corrected chi connectivity index (χ3v) is 2.28. The van der Waals surface area contributed by atoms with E-state index in [1.165, 1.54) is 0 Å². The summed E-state index contributed by atoms with van der Waals surface area (Å²) in [6, 6.07) is 0. The maximum absolute atomic E-state index is 10.8. The standard InChI is InChI=1S/C4H7N2O4S/c7-4(8)5-2-1-3-11-6(5,9)10/h1-3H2,(H,7,8)/q-1. The molecule has 1 N–H and O–H groups in total. The van der Waals surface area contributed by atoms with E-state index in [-0.39, 0.29) is 6.54 Å². The summed E-state index contributed by atoms with van der Waals surface area (Å²) in [5, 5.41) is 30.3. The highest BCUT2D eigenvalue weighted by Crippen LogP contribution is 2.28. The second kappa shape index (κ2) is 2.86. The van der Waals surface area contributed by atoms with Crippen molar-refractivity contribution in [2.75, 3.05) is 12.3 Å². The van der Waals surface area contributed by atoms with E-state index < -0.39 is 10.4 Å². The number of rotatable bonds is 0. The summed E-state index contributed by atoms with van der Waals surface area (Å²) in [7, 11) is 0. The van der Waals surface area contributed by atoms with Gasteiger partial charge in [0, 0.05) is 0 Å². The van der Waals surface area contributed by atoms with E-state index in [1.807, 2.05) is 0 Å². The van der Waals surface area contributed by atoms with E-state index in [0.29, 0.717) is 29.1 Å². The van der Waals surface area contributed by atoms with E-state index in [2.05, 4.69) is 0 Å². The van der Waals surface area contributed by atoms with Crippen LogP contribution in [0.4, 0.5) is 4.79 Å². The summed E-state index contributed by atoms with van der Waals surface area (Å²) in [5.41, 5.74) is 0. The molecule has 0 unspecified atom stereocenters. The molecular formula is C4H7N2O4S-. The third kappa shape index (κ3) is 1.74. The van der Waals surface area contributed by atoms with Gasteiger partial charge in [0.1, 0.15) is 11.9 Å². The third-order valence-electron chi connectivity index (χ3n) is 1.29. The smallest absolute Gasteiger partial charge is 0.453 e. The Bertz CT molecular complexity index is 173. The molecule has 0 aromatic carbocycles. The van der Waals surface area contributed by atoms with Crippen molar-refractivity contribution in [2.24, 2.45) is 0 Å². The summed E-state index contributed by atoms with van der Waals surface area (Å²) in [6.45, 7) is 0.0231. The summed E-state index contributed by atoms with van der Waals surface area (Å²) >= 11 is 0.528. The van der Waals surface area contributed by atoms with Gasteiger partial charge in [-0.25, -0.2) is 9.12 Å². The molecule has 11 heavy (non-hydrogen) atoms. The molecule has 7 heteroatoms. The summed E-state index contributed by atoms with van der Waals surface area (Å²) in [5.74, 6) is 0.413. The molecule has 6 nitrogen and oxygen atoms in total. The number of hydrogen-bond donors (Lipinski definition) is 1. The molecule has 1 aliphatic heterocycles. The monoisotopic (exact) mass is 179 g/mol. The number of hydrogen-bond acceptors (Lipinski definition) is 4. The zero-order valence-electron chi connectivity index (χ0n) is 5.60. The molecule has 1 aliphatic rings. The number of amides is 1. The molecule has 1 amide bonds. The second-order valence-corrected chi connectivity index (χ2v) is 3.19. The Labute approximate surface area is 67.2 Å². The Morgan fingerprint density at radius 3 is 2.64 bits per heavy atom. The van der Waals surface area contributed by atoms with Crippen molar-refractivity contribution in [3.63, 3.8) is 0 Å². The van der Waals surface area contributed by atoms with Gasteiger partial charge in [0.2, 0.25) is 0 Å². The number of quaternary nitrogens is 1. The van der Waals surface area contributed by atoms with E-state index in [0.717, 1.165) is 0 Å². The van der Waals surface area contributed by atoms with Gasteiger partial charge in [-0.1, -0.05) is 0 Å². The predicted octanol–water partition coefficient (Wildman–Crippen LogP) is 0.746. The van der Waals surface area contributed by atoms with Crippen LogP contribution in [0, 0.1) is 10.4 Å². The van der Waals surface area contributed by atoms with Crippen LogP contribution in [0.25, 0.3) is 0 Å². The molecule has 0 bridgehead atoms. The Hall–Kier alpha value is -0.500.